The zero-order valence-corrected chi connectivity index (χ0v) is 15.4. The quantitative estimate of drug-likeness (QED) is 0.519. The highest BCUT2D eigenvalue weighted by molar-refractivity contribution is 5.97. The van der Waals surface area contributed by atoms with Crippen LogP contribution in [-0.4, -0.2) is 49.2 Å². The molecule has 1 aliphatic heterocycles. The maximum absolute atomic E-state index is 13.4. The zero-order valence-electron chi connectivity index (χ0n) is 15.4. The van der Waals surface area contributed by atoms with E-state index in [2.05, 4.69) is 15.0 Å². The number of pyridine rings is 1. The van der Waals surface area contributed by atoms with E-state index in [9.17, 15) is 13.6 Å². The average Bonchev–Trinajstić information content (AvgIpc) is 3.20. The highest BCUT2D eigenvalue weighted by atomic mass is 19.3. The molecule has 3 aromatic heterocycles. The largest absolute Gasteiger partial charge is 0.338 e. The summed E-state index contributed by atoms with van der Waals surface area (Å²) in [5, 5.41) is 0. The molecule has 0 bridgehead atoms. The number of nitrogens with zero attached hydrogens (tertiary/aromatic N) is 5. The number of carbonyl (C=O) groups is 1. The molecule has 0 radical (unpaired) electrons. The predicted octanol–water partition coefficient (Wildman–Crippen LogP) is 3.82. The summed E-state index contributed by atoms with van der Waals surface area (Å²) in [6.45, 7) is 0.111. The van der Waals surface area contributed by atoms with Crippen molar-refractivity contribution in [3.05, 3.63) is 60.7 Å². The van der Waals surface area contributed by atoms with E-state index in [1.807, 2.05) is 28.9 Å². The molecule has 1 aliphatic rings. The van der Waals surface area contributed by atoms with Crippen LogP contribution < -0.4 is 0 Å². The molecule has 0 unspecified atom stereocenters. The van der Waals surface area contributed by atoms with Crippen LogP contribution in [0.5, 0.6) is 0 Å². The summed E-state index contributed by atoms with van der Waals surface area (Å²) >= 11 is 0. The molecule has 8 heteroatoms. The van der Waals surface area contributed by atoms with Crippen LogP contribution in [0.2, 0.25) is 0 Å². The SMILES string of the molecule is O=C(c1ccc2ncc(-c3ccn4ccnc4c3)nc2c1)N1CCC(F)(F)CC1. The van der Waals surface area contributed by atoms with Crippen LogP contribution in [0.3, 0.4) is 0 Å². The van der Waals surface area contributed by atoms with Crippen LogP contribution in [0.1, 0.15) is 23.2 Å². The molecule has 5 rings (SSSR count). The van der Waals surface area contributed by atoms with E-state index in [0.29, 0.717) is 22.3 Å². The van der Waals surface area contributed by atoms with Crippen molar-refractivity contribution >= 4 is 22.6 Å². The molecule has 29 heavy (non-hydrogen) atoms. The molecule has 0 saturated carbocycles. The van der Waals surface area contributed by atoms with E-state index < -0.39 is 5.92 Å². The fourth-order valence-electron chi connectivity index (χ4n) is 3.57. The van der Waals surface area contributed by atoms with Gasteiger partial charge in [0.2, 0.25) is 0 Å². The van der Waals surface area contributed by atoms with E-state index in [0.717, 1.165) is 11.2 Å². The second-order valence-electron chi connectivity index (χ2n) is 7.22. The van der Waals surface area contributed by atoms with Crippen molar-refractivity contribution in [2.75, 3.05) is 13.1 Å². The fourth-order valence-corrected chi connectivity index (χ4v) is 3.57. The third-order valence-electron chi connectivity index (χ3n) is 5.27. The van der Waals surface area contributed by atoms with Crippen molar-refractivity contribution in [2.24, 2.45) is 0 Å². The van der Waals surface area contributed by atoms with Gasteiger partial charge >= 0.3 is 0 Å². The lowest BCUT2D eigenvalue weighted by Gasteiger charge is -2.31. The first-order valence-electron chi connectivity index (χ1n) is 9.36. The molecule has 1 aromatic carbocycles. The molecule has 0 spiro atoms. The van der Waals surface area contributed by atoms with Crippen molar-refractivity contribution in [3.8, 4) is 11.3 Å². The topological polar surface area (TPSA) is 63.4 Å². The van der Waals surface area contributed by atoms with Crippen molar-refractivity contribution in [1.82, 2.24) is 24.3 Å². The van der Waals surface area contributed by atoms with Gasteiger partial charge in [-0.15, -0.1) is 0 Å². The number of benzene rings is 1. The molecule has 1 amide bonds. The van der Waals surface area contributed by atoms with Gasteiger partial charge in [-0.05, 0) is 30.3 Å². The number of alkyl halides is 2. The first kappa shape index (κ1) is 17.7. The maximum Gasteiger partial charge on any atom is 0.253 e. The van der Waals surface area contributed by atoms with Crippen LogP contribution in [-0.2, 0) is 0 Å². The van der Waals surface area contributed by atoms with Crippen molar-refractivity contribution in [2.45, 2.75) is 18.8 Å². The van der Waals surface area contributed by atoms with Crippen molar-refractivity contribution in [1.29, 1.82) is 0 Å². The third kappa shape index (κ3) is 3.30. The normalized spacial score (nSPS) is 16.4. The lowest BCUT2D eigenvalue weighted by atomic mass is 10.1. The number of halogens is 2. The number of imidazole rings is 1. The second-order valence-corrected chi connectivity index (χ2v) is 7.22. The number of likely N-dealkylation sites (tertiary alicyclic amines) is 1. The molecule has 4 aromatic rings. The maximum atomic E-state index is 13.4. The van der Waals surface area contributed by atoms with Gasteiger partial charge in [0.15, 0.2) is 0 Å². The van der Waals surface area contributed by atoms with Crippen LogP contribution in [0.15, 0.2) is 55.1 Å². The minimum absolute atomic E-state index is 0.0555. The summed E-state index contributed by atoms with van der Waals surface area (Å²) in [6.07, 6.45) is 6.57. The summed E-state index contributed by atoms with van der Waals surface area (Å²) in [6, 6.07) is 8.92. The van der Waals surface area contributed by atoms with Crippen LogP contribution >= 0.6 is 0 Å². The molecule has 0 atom stereocenters. The Labute approximate surface area is 164 Å². The molecule has 1 saturated heterocycles. The zero-order chi connectivity index (χ0) is 20.0. The molecule has 0 N–H and O–H groups in total. The standard InChI is InChI=1S/C21H17F2N5O/c22-21(23)4-8-28(9-5-21)20(29)15-1-2-16-17(11-15)26-18(13-25-16)14-3-7-27-10-6-24-19(27)12-14/h1-3,6-7,10-13H,4-5,8-9H2. The van der Waals surface area contributed by atoms with Gasteiger partial charge in [-0.25, -0.2) is 18.7 Å². The summed E-state index contributed by atoms with van der Waals surface area (Å²) < 4.78 is 28.6. The number of amides is 1. The smallest absolute Gasteiger partial charge is 0.253 e. The van der Waals surface area contributed by atoms with Crippen LogP contribution in [0.25, 0.3) is 27.9 Å². The Bertz CT molecular complexity index is 1230. The number of aromatic nitrogens is 4. The molecular formula is C21H17F2N5O. The second kappa shape index (κ2) is 6.58. The van der Waals surface area contributed by atoms with E-state index in [1.165, 1.54) is 4.90 Å². The van der Waals surface area contributed by atoms with Gasteiger partial charge in [-0.3, -0.25) is 9.78 Å². The minimum Gasteiger partial charge on any atom is -0.338 e. The van der Waals surface area contributed by atoms with E-state index in [4.69, 9.17) is 0 Å². The fraction of sp³-hybridized carbons (Fsp3) is 0.238. The van der Waals surface area contributed by atoms with Crippen molar-refractivity contribution < 1.29 is 13.6 Å². The Morgan fingerprint density at radius 3 is 2.66 bits per heavy atom. The van der Waals surface area contributed by atoms with Gasteiger partial charge in [0.05, 0.1) is 22.9 Å². The lowest BCUT2D eigenvalue weighted by Crippen LogP contribution is -2.42. The third-order valence-corrected chi connectivity index (χ3v) is 5.27. The summed E-state index contributed by atoms with van der Waals surface area (Å²) in [7, 11) is 0. The molecule has 4 heterocycles. The summed E-state index contributed by atoms with van der Waals surface area (Å²) in [5.74, 6) is -2.94. The van der Waals surface area contributed by atoms with Crippen molar-refractivity contribution in [3.63, 3.8) is 0 Å². The van der Waals surface area contributed by atoms with Gasteiger partial charge in [-0.1, -0.05) is 0 Å². The molecule has 1 fully saturated rings. The molecule has 146 valence electrons. The van der Waals surface area contributed by atoms with E-state index >= 15 is 0 Å². The Balaban J connectivity index is 1.47. The number of piperidine rings is 1. The first-order valence-corrected chi connectivity index (χ1v) is 9.36. The first-order chi connectivity index (χ1) is 14.0. The van der Waals surface area contributed by atoms with Gasteiger partial charge in [0, 0.05) is 55.6 Å². The van der Waals surface area contributed by atoms with Crippen LogP contribution in [0, 0.1) is 0 Å². The molecular weight excluding hydrogens is 376 g/mol. The van der Waals surface area contributed by atoms with Gasteiger partial charge in [-0.2, -0.15) is 0 Å². The monoisotopic (exact) mass is 393 g/mol. The number of fused-ring (bicyclic) bond motifs is 2. The average molecular weight is 393 g/mol. The van der Waals surface area contributed by atoms with Gasteiger partial charge in [0.25, 0.3) is 11.8 Å². The summed E-state index contributed by atoms with van der Waals surface area (Å²) in [5.41, 5.74) is 4.02. The Hall–Kier alpha value is -3.42. The lowest BCUT2D eigenvalue weighted by molar-refractivity contribution is -0.0494. The highest BCUT2D eigenvalue weighted by Crippen LogP contribution is 2.29. The number of rotatable bonds is 2. The predicted molar refractivity (Wildman–Crippen MR) is 104 cm³/mol. The Kier molecular flexibility index (Phi) is 4.01. The van der Waals surface area contributed by atoms with E-state index in [1.54, 1.807) is 30.6 Å². The minimum atomic E-state index is -2.68. The molecule has 0 aliphatic carbocycles. The number of carbonyl (C=O) groups excluding carboxylic acids is 1. The van der Waals surface area contributed by atoms with Crippen LogP contribution in [0.4, 0.5) is 8.78 Å². The van der Waals surface area contributed by atoms with E-state index in [-0.39, 0.29) is 31.8 Å². The number of hydrogen-bond acceptors (Lipinski definition) is 4. The molecule has 6 nitrogen and oxygen atoms in total. The summed E-state index contributed by atoms with van der Waals surface area (Å²) in [4.78, 5) is 27.6. The Morgan fingerprint density at radius 1 is 1.00 bits per heavy atom. The van der Waals surface area contributed by atoms with Gasteiger partial charge < -0.3 is 9.30 Å². The Morgan fingerprint density at radius 2 is 1.83 bits per heavy atom. The number of hydrogen-bond donors (Lipinski definition) is 0. The van der Waals surface area contributed by atoms with Gasteiger partial charge in [0.1, 0.15) is 5.65 Å². The highest BCUT2D eigenvalue weighted by Gasteiger charge is 2.35.